The summed E-state index contributed by atoms with van der Waals surface area (Å²) < 4.78 is 0. The molecule has 0 aliphatic rings. The van der Waals surface area contributed by atoms with Gasteiger partial charge in [-0.15, -0.1) is 0 Å². The van der Waals surface area contributed by atoms with E-state index in [1.807, 2.05) is 19.1 Å². The summed E-state index contributed by atoms with van der Waals surface area (Å²) in [6, 6.07) is 3.26. The molecule has 0 amide bonds. The molecule has 4 nitrogen and oxygen atoms in total. The van der Waals surface area contributed by atoms with Crippen LogP contribution < -0.4 is 5.32 Å². The summed E-state index contributed by atoms with van der Waals surface area (Å²) in [6.45, 7) is 2.41. The molecule has 0 radical (unpaired) electrons. The molecule has 1 heterocycles. The predicted molar refractivity (Wildman–Crippen MR) is 52.8 cm³/mol. The van der Waals surface area contributed by atoms with Crippen molar-refractivity contribution in [1.29, 1.82) is 0 Å². The van der Waals surface area contributed by atoms with Crippen molar-refractivity contribution < 1.29 is 9.90 Å². The van der Waals surface area contributed by atoms with E-state index in [-0.39, 0.29) is 0 Å². The van der Waals surface area contributed by atoms with E-state index >= 15 is 0 Å². The fourth-order valence-electron chi connectivity index (χ4n) is 1.15. The van der Waals surface area contributed by atoms with Crippen LogP contribution in [0.5, 0.6) is 0 Å². The lowest BCUT2D eigenvalue weighted by Gasteiger charge is -2.11. The first kappa shape index (κ1) is 10.7. The van der Waals surface area contributed by atoms with E-state index in [2.05, 4.69) is 10.3 Å². The van der Waals surface area contributed by atoms with Crippen LogP contribution in [0.15, 0.2) is 24.5 Å². The van der Waals surface area contributed by atoms with Crippen molar-refractivity contribution in [3.8, 4) is 0 Å². The lowest BCUT2D eigenvalue weighted by molar-refractivity contribution is -0.139. The second-order valence-corrected chi connectivity index (χ2v) is 3.04. The molecule has 0 bridgehead atoms. The Hall–Kier alpha value is -1.42. The summed E-state index contributed by atoms with van der Waals surface area (Å²) in [5.41, 5.74) is 1.04. The summed E-state index contributed by atoms with van der Waals surface area (Å²) in [6.07, 6.45) is 3.97. The first-order chi connectivity index (χ1) is 6.74. The maximum atomic E-state index is 10.7. The van der Waals surface area contributed by atoms with Gasteiger partial charge in [-0.2, -0.15) is 0 Å². The minimum Gasteiger partial charge on any atom is -0.480 e. The van der Waals surface area contributed by atoms with Gasteiger partial charge < -0.3 is 10.4 Å². The number of hydrogen-bond acceptors (Lipinski definition) is 3. The van der Waals surface area contributed by atoms with E-state index in [4.69, 9.17) is 5.11 Å². The molecule has 1 aromatic heterocycles. The predicted octanol–water partition coefficient (Wildman–Crippen LogP) is 1.03. The topological polar surface area (TPSA) is 62.2 Å². The quantitative estimate of drug-likeness (QED) is 0.735. The number of pyridine rings is 1. The number of aliphatic carboxylic acids is 1. The molecule has 0 fully saturated rings. The maximum absolute atomic E-state index is 10.7. The van der Waals surface area contributed by atoms with Crippen molar-refractivity contribution in [2.45, 2.75) is 25.9 Å². The normalized spacial score (nSPS) is 12.4. The van der Waals surface area contributed by atoms with Crippen LogP contribution >= 0.6 is 0 Å². The van der Waals surface area contributed by atoms with Crippen LogP contribution in [0.4, 0.5) is 0 Å². The molecule has 0 spiro atoms. The number of hydrogen-bond donors (Lipinski definition) is 2. The van der Waals surface area contributed by atoms with Crippen LogP contribution in [-0.4, -0.2) is 22.1 Å². The molecule has 0 aromatic carbocycles. The van der Waals surface area contributed by atoms with E-state index in [1.54, 1.807) is 12.4 Å². The average molecular weight is 194 g/mol. The number of rotatable bonds is 5. The van der Waals surface area contributed by atoms with Crippen molar-refractivity contribution in [1.82, 2.24) is 10.3 Å². The Bertz CT molecular complexity index is 287. The summed E-state index contributed by atoms with van der Waals surface area (Å²) in [5, 5.41) is 11.7. The van der Waals surface area contributed by atoms with E-state index in [0.29, 0.717) is 13.0 Å². The largest absolute Gasteiger partial charge is 0.480 e. The molecule has 1 atom stereocenters. The fraction of sp³-hybridized carbons (Fsp3) is 0.400. The highest BCUT2D eigenvalue weighted by molar-refractivity contribution is 5.73. The molecule has 1 aromatic rings. The van der Waals surface area contributed by atoms with Crippen LogP contribution in [-0.2, 0) is 11.3 Å². The second kappa shape index (κ2) is 5.34. The Kier molecular flexibility index (Phi) is 4.07. The zero-order chi connectivity index (χ0) is 10.4. The highest BCUT2D eigenvalue weighted by Crippen LogP contribution is 1.98. The van der Waals surface area contributed by atoms with Crippen molar-refractivity contribution in [3.05, 3.63) is 30.1 Å². The minimum absolute atomic E-state index is 0.469. The molecule has 2 N–H and O–H groups in total. The summed E-state index contributed by atoms with van der Waals surface area (Å²) in [4.78, 5) is 14.6. The van der Waals surface area contributed by atoms with Gasteiger partial charge in [0.05, 0.1) is 0 Å². The third-order valence-electron chi connectivity index (χ3n) is 2.01. The number of carbonyl (C=O) groups is 1. The second-order valence-electron chi connectivity index (χ2n) is 3.04. The minimum atomic E-state index is -0.804. The van der Waals surface area contributed by atoms with Gasteiger partial charge in [0.25, 0.3) is 0 Å². The van der Waals surface area contributed by atoms with Gasteiger partial charge >= 0.3 is 5.97 Å². The van der Waals surface area contributed by atoms with Crippen LogP contribution in [0.25, 0.3) is 0 Å². The van der Waals surface area contributed by atoms with E-state index in [9.17, 15) is 4.79 Å². The summed E-state index contributed by atoms with van der Waals surface area (Å²) in [5.74, 6) is -0.804. The Morgan fingerprint density at radius 3 is 2.71 bits per heavy atom. The molecule has 0 aliphatic carbocycles. The van der Waals surface area contributed by atoms with E-state index < -0.39 is 12.0 Å². The summed E-state index contributed by atoms with van der Waals surface area (Å²) in [7, 11) is 0. The first-order valence-corrected chi connectivity index (χ1v) is 4.59. The molecule has 14 heavy (non-hydrogen) atoms. The van der Waals surface area contributed by atoms with Gasteiger partial charge in [-0.3, -0.25) is 9.78 Å². The molecule has 76 valence electrons. The van der Waals surface area contributed by atoms with E-state index in [1.165, 1.54) is 0 Å². The lowest BCUT2D eigenvalue weighted by Crippen LogP contribution is -2.35. The van der Waals surface area contributed by atoms with Crippen LogP contribution in [0, 0.1) is 0 Å². The zero-order valence-electron chi connectivity index (χ0n) is 8.10. The summed E-state index contributed by atoms with van der Waals surface area (Å²) >= 11 is 0. The van der Waals surface area contributed by atoms with Crippen molar-refractivity contribution in [3.63, 3.8) is 0 Å². The molecule has 0 aliphatic heterocycles. The van der Waals surface area contributed by atoms with Gasteiger partial charge in [-0.1, -0.05) is 6.92 Å². The maximum Gasteiger partial charge on any atom is 0.320 e. The Labute approximate surface area is 83.0 Å². The van der Waals surface area contributed by atoms with Gasteiger partial charge in [0.15, 0.2) is 0 Å². The number of carboxylic acids is 1. The third-order valence-corrected chi connectivity index (χ3v) is 2.01. The molecule has 0 saturated carbocycles. The Balaban J connectivity index is 2.44. The lowest BCUT2D eigenvalue weighted by atomic mass is 10.2. The smallest absolute Gasteiger partial charge is 0.320 e. The standard InChI is InChI=1S/C10H14N2O2/c1-2-9(10(13)14)12-7-8-3-5-11-6-4-8/h3-6,9,12H,2,7H2,1H3,(H,13,14). The zero-order valence-corrected chi connectivity index (χ0v) is 8.10. The molecular formula is C10H14N2O2. The number of aromatic nitrogens is 1. The molecule has 1 rings (SSSR count). The Morgan fingerprint density at radius 2 is 2.21 bits per heavy atom. The van der Waals surface area contributed by atoms with Crippen molar-refractivity contribution >= 4 is 5.97 Å². The highest BCUT2D eigenvalue weighted by atomic mass is 16.4. The van der Waals surface area contributed by atoms with Gasteiger partial charge in [0.2, 0.25) is 0 Å². The van der Waals surface area contributed by atoms with Gasteiger partial charge in [0, 0.05) is 18.9 Å². The van der Waals surface area contributed by atoms with Crippen LogP contribution in [0.2, 0.25) is 0 Å². The highest BCUT2D eigenvalue weighted by Gasteiger charge is 2.13. The SMILES string of the molecule is CCC(NCc1ccncc1)C(=O)O. The number of carboxylic acid groups (broad SMARTS) is 1. The van der Waals surface area contributed by atoms with Crippen molar-refractivity contribution in [2.24, 2.45) is 0 Å². The Morgan fingerprint density at radius 1 is 1.57 bits per heavy atom. The van der Waals surface area contributed by atoms with Crippen molar-refractivity contribution in [2.75, 3.05) is 0 Å². The van der Waals surface area contributed by atoms with Crippen LogP contribution in [0.1, 0.15) is 18.9 Å². The van der Waals surface area contributed by atoms with Gasteiger partial charge in [-0.25, -0.2) is 0 Å². The molecule has 0 saturated heterocycles. The average Bonchev–Trinajstić information content (AvgIpc) is 2.20. The van der Waals surface area contributed by atoms with E-state index in [0.717, 1.165) is 5.56 Å². The first-order valence-electron chi connectivity index (χ1n) is 4.59. The fourth-order valence-corrected chi connectivity index (χ4v) is 1.15. The third kappa shape index (κ3) is 3.14. The molecule has 4 heteroatoms. The monoisotopic (exact) mass is 194 g/mol. The van der Waals surface area contributed by atoms with Gasteiger partial charge in [0.1, 0.15) is 6.04 Å². The molecular weight excluding hydrogens is 180 g/mol. The van der Waals surface area contributed by atoms with Gasteiger partial charge in [-0.05, 0) is 24.1 Å². The number of nitrogens with zero attached hydrogens (tertiary/aromatic N) is 1. The molecule has 1 unspecified atom stereocenters. The van der Waals surface area contributed by atoms with Crippen LogP contribution in [0.3, 0.4) is 0 Å². The number of nitrogens with one attached hydrogen (secondary N) is 1.